The molecule has 2 heterocycles. The maximum atomic E-state index is 12.7. The van der Waals surface area contributed by atoms with Gasteiger partial charge < -0.3 is 14.6 Å². The molecule has 0 saturated heterocycles. The predicted molar refractivity (Wildman–Crippen MR) is 130 cm³/mol. The van der Waals surface area contributed by atoms with Gasteiger partial charge in [-0.3, -0.25) is 4.79 Å². The zero-order valence-electron chi connectivity index (χ0n) is 18.7. The fraction of sp³-hybridized carbons (Fsp3) is 0.269. The summed E-state index contributed by atoms with van der Waals surface area (Å²) in [6.07, 6.45) is 4.61. The van der Waals surface area contributed by atoms with E-state index in [-0.39, 0.29) is 11.9 Å². The van der Waals surface area contributed by atoms with Gasteiger partial charge >= 0.3 is 5.97 Å². The molecule has 1 amide bonds. The van der Waals surface area contributed by atoms with Crippen LogP contribution >= 0.6 is 11.6 Å². The van der Waals surface area contributed by atoms with Gasteiger partial charge in [-0.15, -0.1) is 0 Å². The second-order valence-electron chi connectivity index (χ2n) is 7.87. The standard InChI is InChI=1S/C26H26ClN3O3/c1-3-5-10-23-29-24(27)22(15-20-19-8-6-7-9-21(19)28-25(20)31)30(23)16-17-11-13-18(14-12-17)26(32)33-4-2/h6-9,11-15H,3-5,10,16H2,1-2H3,(H,28,31). The van der Waals surface area contributed by atoms with Gasteiger partial charge in [-0.25, -0.2) is 9.78 Å². The first-order valence-corrected chi connectivity index (χ1v) is 11.5. The topological polar surface area (TPSA) is 73.2 Å². The molecule has 0 bridgehead atoms. The number of halogens is 1. The van der Waals surface area contributed by atoms with Crippen molar-refractivity contribution >= 4 is 40.8 Å². The largest absolute Gasteiger partial charge is 0.462 e. The zero-order chi connectivity index (χ0) is 23.4. The van der Waals surface area contributed by atoms with Crippen molar-refractivity contribution < 1.29 is 14.3 Å². The molecule has 0 aliphatic carbocycles. The number of nitrogens with one attached hydrogen (secondary N) is 1. The van der Waals surface area contributed by atoms with Crippen molar-refractivity contribution in [3.05, 3.63) is 81.9 Å². The number of ether oxygens (including phenoxy) is 1. The van der Waals surface area contributed by atoms with Crippen LogP contribution < -0.4 is 5.32 Å². The van der Waals surface area contributed by atoms with Crippen molar-refractivity contribution in [2.75, 3.05) is 11.9 Å². The van der Waals surface area contributed by atoms with E-state index >= 15 is 0 Å². The number of para-hydroxylation sites is 1. The Morgan fingerprint density at radius 2 is 1.91 bits per heavy atom. The second-order valence-corrected chi connectivity index (χ2v) is 8.23. The molecule has 0 saturated carbocycles. The molecule has 7 heteroatoms. The summed E-state index contributed by atoms with van der Waals surface area (Å²) in [6, 6.07) is 14.9. The smallest absolute Gasteiger partial charge is 0.338 e. The Morgan fingerprint density at radius 1 is 1.15 bits per heavy atom. The van der Waals surface area contributed by atoms with Crippen LogP contribution in [-0.4, -0.2) is 28.0 Å². The quantitative estimate of drug-likeness (QED) is 0.348. The lowest BCUT2D eigenvalue weighted by Gasteiger charge is -2.12. The van der Waals surface area contributed by atoms with E-state index in [1.165, 1.54) is 0 Å². The Labute approximate surface area is 198 Å². The highest BCUT2D eigenvalue weighted by atomic mass is 35.5. The number of unbranched alkanes of at least 4 members (excludes halogenated alkanes) is 1. The van der Waals surface area contributed by atoms with E-state index in [4.69, 9.17) is 16.3 Å². The van der Waals surface area contributed by atoms with Gasteiger partial charge in [0.2, 0.25) is 0 Å². The molecule has 1 aliphatic heterocycles. The fourth-order valence-electron chi connectivity index (χ4n) is 3.88. The Bertz CT molecular complexity index is 1210. The van der Waals surface area contributed by atoms with Gasteiger partial charge in [-0.2, -0.15) is 0 Å². The number of benzene rings is 2. The number of nitrogens with zero attached hydrogens (tertiary/aromatic N) is 2. The molecular formula is C26H26ClN3O3. The summed E-state index contributed by atoms with van der Waals surface area (Å²) < 4.78 is 7.12. The second kappa shape index (κ2) is 10.0. The van der Waals surface area contributed by atoms with Crippen LogP contribution in [0.2, 0.25) is 5.15 Å². The van der Waals surface area contributed by atoms with E-state index < -0.39 is 0 Å². The van der Waals surface area contributed by atoms with Crippen LogP contribution in [0.15, 0.2) is 48.5 Å². The van der Waals surface area contributed by atoms with E-state index in [1.807, 2.05) is 42.5 Å². The van der Waals surface area contributed by atoms with Crippen molar-refractivity contribution in [1.82, 2.24) is 9.55 Å². The van der Waals surface area contributed by atoms with Gasteiger partial charge in [0, 0.05) is 24.2 Å². The van der Waals surface area contributed by atoms with E-state index in [1.54, 1.807) is 19.1 Å². The molecule has 4 rings (SSSR count). The van der Waals surface area contributed by atoms with Gasteiger partial charge in [-0.1, -0.05) is 55.3 Å². The average molecular weight is 464 g/mol. The molecule has 6 nitrogen and oxygen atoms in total. The lowest BCUT2D eigenvalue weighted by molar-refractivity contribution is -0.110. The van der Waals surface area contributed by atoms with Crippen molar-refractivity contribution in [2.45, 2.75) is 39.7 Å². The van der Waals surface area contributed by atoms with Crippen LogP contribution in [0.3, 0.4) is 0 Å². The lowest BCUT2D eigenvalue weighted by Crippen LogP contribution is -2.09. The highest BCUT2D eigenvalue weighted by Gasteiger charge is 2.25. The lowest BCUT2D eigenvalue weighted by atomic mass is 10.1. The van der Waals surface area contributed by atoms with Crippen LogP contribution in [0.1, 0.15) is 59.7 Å². The minimum Gasteiger partial charge on any atom is -0.462 e. The molecule has 0 atom stereocenters. The van der Waals surface area contributed by atoms with Crippen LogP contribution in [0.25, 0.3) is 11.6 Å². The molecule has 3 aromatic rings. The Morgan fingerprint density at radius 3 is 2.64 bits per heavy atom. The molecular weight excluding hydrogens is 438 g/mol. The number of carbonyl (C=O) groups excluding carboxylic acids is 2. The van der Waals surface area contributed by atoms with E-state index in [2.05, 4.69) is 21.8 Å². The van der Waals surface area contributed by atoms with Crippen LogP contribution in [0.5, 0.6) is 0 Å². The first kappa shape index (κ1) is 22.8. The summed E-state index contributed by atoms with van der Waals surface area (Å²) in [4.78, 5) is 29.2. The molecule has 1 aliphatic rings. The van der Waals surface area contributed by atoms with Crippen molar-refractivity contribution in [1.29, 1.82) is 0 Å². The third-order valence-electron chi connectivity index (χ3n) is 5.59. The van der Waals surface area contributed by atoms with E-state index in [9.17, 15) is 9.59 Å². The maximum absolute atomic E-state index is 12.7. The van der Waals surface area contributed by atoms with Crippen LogP contribution in [0, 0.1) is 0 Å². The summed E-state index contributed by atoms with van der Waals surface area (Å²) in [7, 11) is 0. The average Bonchev–Trinajstić information content (AvgIpc) is 3.29. The van der Waals surface area contributed by atoms with Crippen LogP contribution in [-0.2, 0) is 22.5 Å². The monoisotopic (exact) mass is 463 g/mol. The van der Waals surface area contributed by atoms with Crippen molar-refractivity contribution in [2.24, 2.45) is 0 Å². The molecule has 2 aromatic carbocycles. The number of anilines is 1. The third-order valence-corrected chi connectivity index (χ3v) is 5.87. The van der Waals surface area contributed by atoms with Gasteiger partial charge in [0.25, 0.3) is 5.91 Å². The van der Waals surface area contributed by atoms with Gasteiger partial charge in [0.05, 0.1) is 23.4 Å². The van der Waals surface area contributed by atoms with Gasteiger partial charge in [0.15, 0.2) is 5.15 Å². The van der Waals surface area contributed by atoms with Gasteiger partial charge in [-0.05, 0) is 43.2 Å². The van der Waals surface area contributed by atoms with Gasteiger partial charge in [0.1, 0.15) is 5.82 Å². The highest BCUT2D eigenvalue weighted by Crippen LogP contribution is 2.34. The minimum absolute atomic E-state index is 0.158. The minimum atomic E-state index is -0.338. The SMILES string of the molecule is CCCCc1nc(Cl)c(C=C2C(=O)Nc3ccccc32)n1Cc1ccc(C(=O)OCC)cc1. The van der Waals surface area contributed by atoms with E-state index in [0.29, 0.717) is 35.1 Å². The number of rotatable bonds is 8. The fourth-order valence-corrected chi connectivity index (χ4v) is 4.14. The number of esters is 1. The Hall–Kier alpha value is -3.38. The number of aromatic nitrogens is 2. The maximum Gasteiger partial charge on any atom is 0.338 e. The number of carbonyl (C=O) groups is 2. The highest BCUT2D eigenvalue weighted by molar-refractivity contribution is 6.36. The Balaban J connectivity index is 1.71. The molecule has 0 radical (unpaired) electrons. The molecule has 0 spiro atoms. The van der Waals surface area contributed by atoms with Crippen molar-refractivity contribution in [3.8, 4) is 0 Å². The van der Waals surface area contributed by atoms with Crippen molar-refractivity contribution in [3.63, 3.8) is 0 Å². The predicted octanol–water partition coefficient (Wildman–Crippen LogP) is 5.60. The number of fused-ring (bicyclic) bond motifs is 1. The summed E-state index contributed by atoms with van der Waals surface area (Å²) in [5, 5.41) is 3.27. The summed E-state index contributed by atoms with van der Waals surface area (Å²) >= 11 is 6.58. The summed E-state index contributed by atoms with van der Waals surface area (Å²) in [5.74, 6) is 0.374. The zero-order valence-corrected chi connectivity index (χ0v) is 19.5. The number of hydrogen-bond donors (Lipinski definition) is 1. The van der Waals surface area contributed by atoms with E-state index in [0.717, 1.165) is 41.9 Å². The molecule has 1 N–H and O–H groups in total. The summed E-state index contributed by atoms with van der Waals surface area (Å²) in [5.41, 5.74) is 4.40. The molecule has 33 heavy (non-hydrogen) atoms. The number of amides is 1. The first-order chi connectivity index (χ1) is 16.0. The molecule has 1 aromatic heterocycles. The number of imidazole rings is 1. The third kappa shape index (κ3) is 4.86. The summed E-state index contributed by atoms with van der Waals surface area (Å²) in [6.45, 7) is 4.77. The van der Waals surface area contributed by atoms with Crippen LogP contribution in [0.4, 0.5) is 5.69 Å². The molecule has 0 fully saturated rings. The first-order valence-electron chi connectivity index (χ1n) is 11.1. The number of hydrogen-bond acceptors (Lipinski definition) is 4. The molecule has 0 unspecified atom stereocenters. The normalized spacial score (nSPS) is 13.8. The number of aryl methyl sites for hydroxylation is 1. The molecule has 170 valence electrons. The Kier molecular flexibility index (Phi) is 6.94.